The summed E-state index contributed by atoms with van der Waals surface area (Å²) in [4.78, 5) is 41.4. The predicted molar refractivity (Wildman–Crippen MR) is 176 cm³/mol. The standard InChI is InChI=1S/C35H29N3O3S2/c1-24-17-19-27(20-18-24)36-35(41)32(25-10-4-2-5-11-25)43-30-15-8-14-28(22-30)37-34(40)31(23-29-16-9-21-42-29)38-33(39)26-12-6-3-7-13-26/h2-23,32H,1H3,(H,36,41)(H,37,40)(H,38,39)/b31-23-. The van der Waals surface area contributed by atoms with Crippen LogP contribution in [0.15, 0.2) is 137 Å². The molecule has 0 radical (unpaired) electrons. The van der Waals surface area contributed by atoms with Crippen LogP contribution in [0.4, 0.5) is 11.4 Å². The number of amides is 3. The molecule has 8 heteroatoms. The van der Waals surface area contributed by atoms with Crippen LogP contribution >= 0.6 is 23.1 Å². The zero-order valence-electron chi connectivity index (χ0n) is 23.3. The lowest BCUT2D eigenvalue weighted by Gasteiger charge is -2.18. The third-order valence-corrected chi connectivity index (χ3v) is 8.43. The average Bonchev–Trinajstić information content (AvgIpc) is 3.55. The van der Waals surface area contributed by atoms with Crippen LogP contribution in [-0.2, 0) is 9.59 Å². The number of thioether (sulfide) groups is 1. The smallest absolute Gasteiger partial charge is 0.272 e. The van der Waals surface area contributed by atoms with E-state index in [-0.39, 0.29) is 17.5 Å². The second-order valence-electron chi connectivity index (χ2n) is 9.64. The number of anilines is 2. The Labute approximate surface area is 258 Å². The molecule has 1 atom stereocenters. The summed E-state index contributed by atoms with van der Waals surface area (Å²) >= 11 is 2.85. The first-order valence-electron chi connectivity index (χ1n) is 13.6. The van der Waals surface area contributed by atoms with E-state index in [1.165, 1.54) is 23.1 Å². The van der Waals surface area contributed by atoms with Crippen molar-refractivity contribution in [3.63, 3.8) is 0 Å². The molecule has 1 aromatic heterocycles. The summed E-state index contributed by atoms with van der Waals surface area (Å²) in [5.74, 6) is -0.996. The van der Waals surface area contributed by atoms with E-state index in [0.29, 0.717) is 11.3 Å². The van der Waals surface area contributed by atoms with E-state index in [9.17, 15) is 14.4 Å². The van der Waals surface area contributed by atoms with Gasteiger partial charge in [0.1, 0.15) is 10.9 Å². The number of thiophene rings is 1. The third kappa shape index (κ3) is 8.31. The first-order valence-corrected chi connectivity index (χ1v) is 15.3. The number of hydrogen-bond donors (Lipinski definition) is 3. The van der Waals surface area contributed by atoms with E-state index >= 15 is 0 Å². The average molecular weight is 604 g/mol. The lowest BCUT2D eigenvalue weighted by atomic mass is 10.1. The highest BCUT2D eigenvalue weighted by Gasteiger charge is 2.23. The Balaban J connectivity index is 1.35. The number of hydrogen-bond acceptors (Lipinski definition) is 5. The number of nitrogens with one attached hydrogen (secondary N) is 3. The van der Waals surface area contributed by atoms with Gasteiger partial charge in [-0.05, 0) is 72.5 Å². The maximum absolute atomic E-state index is 13.5. The Morgan fingerprint density at radius 2 is 1.47 bits per heavy atom. The van der Waals surface area contributed by atoms with Crippen molar-refractivity contribution in [3.05, 3.63) is 154 Å². The Kier molecular flexibility index (Phi) is 9.84. The van der Waals surface area contributed by atoms with Gasteiger partial charge in [0.25, 0.3) is 11.8 Å². The molecule has 3 amide bonds. The predicted octanol–water partition coefficient (Wildman–Crippen LogP) is 7.94. The maximum atomic E-state index is 13.5. The SMILES string of the molecule is Cc1ccc(NC(=O)C(Sc2cccc(NC(=O)/C(=C/c3cccs3)NC(=O)c3ccccc3)c2)c2ccccc2)cc1. The van der Waals surface area contributed by atoms with Crippen LogP contribution in [0.1, 0.15) is 31.6 Å². The summed E-state index contributed by atoms with van der Waals surface area (Å²) in [6, 6.07) is 37.1. The van der Waals surface area contributed by atoms with Crippen LogP contribution in [-0.4, -0.2) is 17.7 Å². The highest BCUT2D eigenvalue weighted by Crippen LogP contribution is 2.37. The molecule has 0 aliphatic carbocycles. The lowest BCUT2D eigenvalue weighted by molar-refractivity contribution is -0.116. The van der Waals surface area contributed by atoms with Gasteiger partial charge >= 0.3 is 0 Å². The van der Waals surface area contributed by atoms with E-state index in [1.807, 2.05) is 103 Å². The van der Waals surface area contributed by atoms with Gasteiger partial charge in [-0.1, -0.05) is 78.4 Å². The fraction of sp³-hybridized carbons (Fsp3) is 0.0571. The third-order valence-electron chi connectivity index (χ3n) is 6.36. The largest absolute Gasteiger partial charge is 0.325 e. The molecule has 0 aliphatic heterocycles. The van der Waals surface area contributed by atoms with Crippen LogP contribution in [0.3, 0.4) is 0 Å². The Morgan fingerprint density at radius 3 is 2.16 bits per heavy atom. The van der Waals surface area contributed by atoms with Crippen molar-refractivity contribution in [2.75, 3.05) is 10.6 Å². The van der Waals surface area contributed by atoms with Crippen molar-refractivity contribution in [3.8, 4) is 0 Å². The topological polar surface area (TPSA) is 87.3 Å². The molecule has 0 saturated heterocycles. The maximum Gasteiger partial charge on any atom is 0.272 e. The summed E-state index contributed by atoms with van der Waals surface area (Å²) in [7, 11) is 0. The molecule has 43 heavy (non-hydrogen) atoms. The monoisotopic (exact) mass is 603 g/mol. The first-order chi connectivity index (χ1) is 20.9. The molecule has 1 unspecified atom stereocenters. The van der Waals surface area contributed by atoms with Gasteiger partial charge in [0.2, 0.25) is 5.91 Å². The Bertz CT molecular complexity index is 1720. The molecule has 0 spiro atoms. The minimum Gasteiger partial charge on any atom is -0.325 e. The zero-order valence-corrected chi connectivity index (χ0v) is 25.0. The van der Waals surface area contributed by atoms with Gasteiger partial charge < -0.3 is 16.0 Å². The first kappa shape index (κ1) is 29.6. The van der Waals surface area contributed by atoms with Crippen LogP contribution in [0.25, 0.3) is 6.08 Å². The molecule has 214 valence electrons. The highest BCUT2D eigenvalue weighted by atomic mass is 32.2. The summed E-state index contributed by atoms with van der Waals surface area (Å²) < 4.78 is 0. The number of aryl methyl sites for hydroxylation is 1. The van der Waals surface area contributed by atoms with E-state index < -0.39 is 11.2 Å². The molecule has 1 heterocycles. The number of carbonyl (C=O) groups is 3. The number of carbonyl (C=O) groups excluding carboxylic acids is 3. The van der Waals surface area contributed by atoms with Gasteiger partial charge in [-0.3, -0.25) is 14.4 Å². The molecule has 0 aliphatic rings. The van der Waals surface area contributed by atoms with Crippen molar-refractivity contribution in [1.29, 1.82) is 0 Å². The van der Waals surface area contributed by atoms with E-state index in [1.54, 1.807) is 36.4 Å². The van der Waals surface area contributed by atoms with Crippen LogP contribution in [0, 0.1) is 6.92 Å². The van der Waals surface area contributed by atoms with Gasteiger partial charge in [-0.25, -0.2) is 0 Å². The summed E-state index contributed by atoms with van der Waals surface area (Å²) in [5.41, 5.74) is 3.79. The number of benzene rings is 4. The Morgan fingerprint density at radius 1 is 0.744 bits per heavy atom. The summed E-state index contributed by atoms with van der Waals surface area (Å²) in [6.07, 6.45) is 1.65. The summed E-state index contributed by atoms with van der Waals surface area (Å²) in [6.45, 7) is 2.00. The van der Waals surface area contributed by atoms with Gasteiger partial charge in [0.05, 0.1) is 0 Å². The van der Waals surface area contributed by atoms with Crippen molar-refractivity contribution in [1.82, 2.24) is 5.32 Å². The highest BCUT2D eigenvalue weighted by molar-refractivity contribution is 8.00. The molecular formula is C35H29N3O3S2. The molecular weight excluding hydrogens is 575 g/mol. The summed E-state index contributed by atoms with van der Waals surface area (Å²) in [5, 5.41) is 10.1. The molecule has 3 N–H and O–H groups in total. The van der Waals surface area contributed by atoms with Crippen molar-refractivity contribution in [2.45, 2.75) is 17.1 Å². The van der Waals surface area contributed by atoms with Gasteiger partial charge in [-0.2, -0.15) is 0 Å². The van der Waals surface area contributed by atoms with E-state index in [4.69, 9.17) is 0 Å². The van der Waals surface area contributed by atoms with Gasteiger partial charge in [0.15, 0.2) is 0 Å². The minimum absolute atomic E-state index is 0.119. The van der Waals surface area contributed by atoms with E-state index in [2.05, 4.69) is 16.0 Å². The fourth-order valence-electron chi connectivity index (χ4n) is 4.19. The second-order valence-corrected chi connectivity index (χ2v) is 11.8. The zero-order chi connectivity index (χ0) is 30.0. The minimum atomic E-state index is -0.534. The lowest BCUT2D eigenvalue weighted by Crippen LogP contribution is -2.30. The molecule has 0 fully saturated rings. The molecule has 0 bridgehead atoms. The molecule has 5 rings (SSSR count). The molecule has 5 aromatic rings. The Hall–Kier alpha value is -4.92. The van der Waals surface area contributed by atoms with Crippen LogP contribution in [0.2, 0.25) is 0 Å². The quantitative estimate of drug-likeness (QED) is 0.112. The van der Waals surface area contributed by atoms with Crippen molar-refractivity contribution in [2.24, 2.45) is 0 Å². The van der Waals surface area contributed by atoms with Gasteiger partial charge in [-0.15, -0.1) is 23.1 Å². The van der Waals surface area contributed by atoms with E-state index in [0.717, 1.165) is 26.6 Å². The van der Waals surface area contributed by atoms with Crippen LogP contribution in [0.5, 0.6) is 0 Å². The second kappa shape index (κ2) is 14.3. The molecule has 4 aromatic carbocycles. The molecule has 0 saturated carbocycles. The fourth-order valence-corrected chi connectivity index (χ4v) is 5.93. The normalized spacial score (nSPS) is 11.8. The number of rotatable bonds is 10. The van der Waals surface area contributed by atoms with Gasteiger partial charge in [0, 0.05) is 26.7 Å². The van der Waals surface area contributed by atoms with Crippen molar-refractivity contribution >= 4 is 58.3 Å². The molecule has 6 nitrogen and oxygen atoms in total. The van der Waals surface area contributed by atoms with Crippen LogP contribution < -0.4 is 16.0 Å². The van der Waals surface area contributed by atoms with Crippen molar-refractivity contribution < 1.29 is 14.4 Å².